The lowest BCUT2D eigenvalue weighted by Crippen LogP contribution is -2.30. The second-order valence-corrected chi connectivity index (χ2v) is 9.37. The molecule has 3 aromatic rings. The molecule has 1 amide bonds. The quantitative estimate of drug-likeness (QED) is 0.413. The summed E-state index contributed by atoms with van der Waals surface area (Å²) in [5, 5.41) is 2.70. The lowest BCUT2D eigenvalue weighted by Gasteiger charge is -2.19. The number of ether oxygens (including phenoxy) is 1. The van der Waals surface area contributed by atoms with Crippen molar-refractivity contribution in [3.05, 3.63) is 65.9 Å². The number of carbonyl (C=O) groups is 2. The van der Waals surface area contributed by atoms with Gasteiger partial charge in [-0.3, -0.25) is 9.59 Å². The Morgan fingerprint density at radius 2 is 1.65 bits per heavy atom. The molecular formula is C25H28N2O6S. The molecule has 34 heavy (non-hydrogen) atoms. The Kier molecular flexibility index (Phi) is 7.90. The van der Waals surface area contributed by atoms with Crippen molar-refractivity contribution in [2.24, 2.45) is 0 Å². The summed E-state index contributed by atoms with van der Waals surface area (Å²) in [5.41, 5.74) is 1.52. The van der Waals surface area contributed by atoms with Crippen molar-refractivity contribution in [3.8, 4) is 17.1 Å². The van der Waals surface area contributed by atoms with Crippen molar-refractivity contribution in [1.29, 1.82) is 0 Å². The van der Waals surface area contributed by atoms with Gasteiger partial charge in [0.1, 0.15) is 11.5 Å². The highest BCUT2D eigenvalue weighted by molar-refractivity contribution is 7.89. The van der Waals surface area contributed by atoms with Gasteiger partial charge in [0.25, 0.3) is 5.91 Å². The van der Waals surface area contributed by atoms with E-state index in [1.807, 2.05) is 0 Å². The zero-order valence-electron chi connectivity index (χ0n) is 19.6. The molecule has 2 aromatic carbocycles. The second kappa shape index (κ2) is 10.7. The first-order valence-corrected chi connectivity index (χ1v) is 12.4. The van der Waals surface area contributed by atoms with E-state index in [1.165, 1.54) is 35.5 Å². The predicted molar refractivity (Wildman–Crippen MR) is 130 cm³/mol. The number of amides is 1. The van der Waals surface area contributed by atoms with Gasteiger partial charge in [-0.2, -0.15) is 4.31 Å². The average molecular weight is 485 g/mol. The molecule has 0 aliphatic carbocycles. The topological polar surface area (TPSA) is 106 Å². The number of ketones is 1. The van der Waals surface area contributed by atoms with Crippen LogP contribution in [0.3, 0.4) is 0 Å². The Bertz CT molecular complexity index is 1270. The zero-order chi connectivity index (χ0) is 24.9. The summed E-state index contributed by atoms with van der Waals surface area (Å²) in [4.78, 5) is 24.4. The standard InChI is InChI=1S/C25H28N2O6S/c1-5-27(6-2)34(30,31)20-12-13-23(32-7-3)21(16-20)26-25(29)24-15-14-22(33-24)19-10-8-18(9-11-19)17(4)28/h8-16H,5-7H2,1-4H3,(H,26,29). The van der Waals surface area contributed by atoms with Crippen LogP contribution >= 0.6 is 0 Å². The highest BCUT2D eigenvalue weighted by Gasteiger charge is 2.24. The van der Waals surface area contributed by atoms with Crippen LogP contribution in [-0.4, -0.2) is 44.1 Å². The van der Waals surface area contributed by atoms with Gasteiger partial charge < -0.3 is 14.5 Å². The van der Waals surface area contributed by atoms with Gasteiger partial charge in [0.15, 0.2) is 11.5 Å². The zero-order valence-corrected chi connectivity index (χ0v) is 20.4. The van der Waals surface area contributed by atoms with Gasteiger partial charge in [0, 0.05) is 24.2 Å². The summed E-state index contributed by atoms with van der Waals surface area (Å²) in [6.07, 6.45) is 0. The molecule has 180 valence electrons. The molecule has 0 unspecified atom stereocenters. The minimum atomic E-state index is -3.72. The third-order valence-electron chi connectivity index (χ3n) is 5.25. The van der Waals surface area contributed by atoms with Gasteiger partial charge >= 0.3 is 0 Å². The molecule has 3 rings (SSSR count). The number of nitrogens with zero attached hydrogens (tertiary/aromatic N) is 1. The van der Waals surface area contributed by atoms with E-state index in [2.05, 4.69) is 5.32 Å². The Morgan fingerprint density at radius 1 is 0.971 bits per heavy atom. The SMILES string of the molecule is CCOc1ccc(S(=O)(=O)N(CC)CC)cc1NC(=O)c1ccc(-c2ccc(C(C)=O)cc2)o1. The second-order valence-electron chi connectivity index (χ2n) is 7.43. The maximum atomic E-state index is 12.9. The molecule has 0 aliphatic rings. The van der Waals surface area contributed by atoms with Crippen LogP contribution in [0.4, 0.5) is 5.69 Å². The smallest absolute Gasteiger partial charge is 0.291 e. The number of carbonyl (C=O) groups excluding carboxylic acids is 2. The summed E-state index contributed by atoms with van der Waals surface area (Å²) in [5.74, 6) is 0.264. The van der Waals surface area contributed by atoms with Gasteiger partial charge in [-0.15, -0.1) is 0 Å². The van der Waals surface area contributed by atoms with E-state index in [-0.39, 0.29) is 22.1 Å². The van der Waals surface area contributed by atoms with E-state index < -0.39 is 15.9 Å². The predicted octanol–water partition coefficient (Wildman–Crippen LogP) is 4.83. The fourth-order valence-electron chi connectivity index (χ4n) is 3.43. The van der Waals surface area contributed by atoms with Crippen molar-refractivity contribution in [1.82, 2.24) is 4.31 Å². The monoisotopic (exact) mass is 484 g/mol. The normalized spacial score (nSPS) is 11.4. The number of furan rings is 1. The molecule has 1 heterocycles. The van der Waals surface area contributed by atoms with Gasteiger partial charge in [0.05, 0.1) is 17.2 Å². The number of nitrogens with one attached hydrogen (secondary N) is 1. The molecule has 8 nitrogen and oxygen atoms in total. The van der Waals surface area contributed by atoms with Gasteiger partial charge in [-0.25, -0.2) is 8.42 Å². The van der Waals surface area contributed by atoms with Crippen LogP contribution in [0.25, 0.3) is 11.3 Å². The Labute approximate surface area is 199 Å². The number of hydrogen-bond donors (Lipinski definition) is 1. The molecule has 9 heteroatoms. The lowest BCUT2D eigenvalue weighted by molar-refractivity contribution is 0.0994. The molecule has 0 radical (unpaired) electrons. The summed E-state index contributed by atoms with van der Waals surface area (Å²) in [6, 6.07) is 14.4. The summed E-state index contributed by atoms with van der Waals surface area (Å²) < 4.78 is 38.5. The highest BCUT2D eigenvalue weighted by Crippen LogP contribution is 2.30. The van der Waals surface area contributed by atoms with E-state index in [9.17, 15) is 18.0 Å². The van der Waals surface area contributed by atoms with Gasteiger partial charge in [0.2, 0.25) is 10.0 Å². The van der Waals surface area contributed by atoms with Crippen molar-refractivity contribution in [3.63, 3.8) is 0 Å². The first-order valence-electron chi connectivity index (χ1n) is 11.0. The van der Waals surface area contributed by atoms with Crippen LogP contribution in [0.5, 0.6) is 5.75 Å². The van der Waals surface area contributed by atoms with Crippen molar-refractivity contribution < 1.29 is 27.2 Å². The molecular weight excluding hydrogens is 456 g/mol. The van der Waals surface area contributed by atoms with E-state index in [0.717, 1.165) is 0 Å². The van der Waals surface area contributed by atoms with E-state index >= 15 is 0 Å². The van der Waals surface area contributed by atoms with Crippen molar-refractivity contribution >= 4 is 27.4 Å². The van der Waals surface area contributed by atoms with E-state index in [0.29, 0.717) is 42.3 Å². The van der Waals surface area contributed by atoms with Crippen LogP contribution in [0.1, 0.15) is 48.6 Å². The summed E-state index contributed by atoms with van der Waals surface area (Å²) in [6.45, 7) is 7.81. The molecule has 0 spiro atoms. The molecule has 0 saturated heterocycles. The van der Waals surface area contributed by atoms with Gasteiger partial charge in [-0.05, 0) is 44.2 Å². The van der Waals surface area contributed by atoms with Crippen LogP contribution in [0, 0.1) is 0 Å². The minimum absolute atomic E-state index is 0.0404. The highest BCUT2D eigenvalue weighted by atomic mass is 32.2. The number of Topliss-reactive ketones (excluding diaryl/α,β-unsaturated/α-hetero) is 1. The molecule has 1 N–H and O–H groups in total. The van der Waals surface area contributed by atoms with Crippen LogP contribution in [0.2, 0.25) is 0 Å². The molecule has 1 aromatic heterocycles. The van der Waals surface area contributed by atoms with Crippen molar-refractivity contribution in [2.45, 2.75) is 32.6 Å². The van der Waals surface area contributed by atoms with E-state index in [4.69, 9.17) is 9.15 Å². The van der Waals surface area contributed by atoms with Crippen LogP contribution in [0.15, 0.2) is 63.9 Å². The first kappa shape index (κ1) is 25.2. The molecule has 0 saturated carbocycles. The third-order valence-corrected chi connectivity index (χ3v) is 7.29. The average Bonchev–Trinajstić information content (AvgIpc) is 3.31. The number of benzene rings is 2. The molecule has 0 bridgehead atoms. The maximum Gasteiger partial charge on any atom is 0.291 e. The number of hydrogen-bond acceptors (Lipinski definition) is 6. The Morgan fingerprint density at radius 3 is 2.24 bits per heavy atom. The maximum absolute atomic E-state index is 12.9. The summed E-state index contributed by atoms with van der Waals surface area (Å²) in [7, 11) is -3.72. The number of rotatable bonds is 10. The fourth-order valence-corrected chi connectivity index (χ4v) is 4.91. The number of sulfonamides is 1. The molecule has 0 fully saturated rings. The van der Waals surface area contributed by atoms with Crippen LogP contribution < -0.4 is 10.1 Å². The first-order chi connectivity index (χ1) is 16.2. The van der Waals surface area contributed by atoms with E-state index in [1.54, 1.807) is 51.1 Å². The van der Waals surface area contributed by atoms with Crippen LogP contribution in [-0.2, 0) is 10.0 Å². The third kappa shape index (κ3) is 5.37. The Hall–Kier alpha value is -3.43. The Balaban J connectivity index is 1.88. The fraction of sp³-hybridized carbons (Fsp3) is 0.280. The molecule has 0 aliphatic heterocycles. The molecule has 0 atom stereocenters. The number of anilines is 1. The minimum Gasteiger partial charge on any atom is -0.492 e. The largest absolute Gasteiger partial charge is 0.492 e. The summed E-state index contributed by atoms with van der Waals surface area (Å²) >= 11 is 0. The van der Waals surface area contributed by atoms with Gasteiger partial charge in [-0.1, -0.05) is 38.1 Å². The lowest BCUT2D eigenvalue weighted by atomic mass is 10.1. The van der Waals surface area contributed by atoms with Crippen molar-refractivity contribution in [2.75, 3.05) is 25.0 Å².